The molecule has 0 fully saturated rings. The summed E-state index contributed by atoms with van der Waals surface area (Å²) in [7, 11) is 0. The highest BCUT2D eigenvalue weighted by molar-refractivity contribution is 8.00. The lowest BCUT2D eigenvalue weighted by Gasteiger charge is -2.14. The molecule has 0 radical (unpaired) electrons. The number of thiazole rings is 1. The van der Waals surface area contributed by atoms with Crippen molar-refractivity contribution in [3.8, 4) is 0 Å². The minimum Gasteiger partial charge on any atom is -0.321 e. The highest BCUT2D eigenvalue weighted by Crippen LogP contribution is 2.28. The van der Waals surface area contributed by atoms with Gasteiger partial charge in [0.05, 0.1) is 5.25 Å². The molecule has 39 heavy (non-hydrogen) atoms. The molecule has 0 saturated carbocycles. The van der Waals surface area contributed by atoms with E-state index in [4.69, 9.17) is 23.2 Å². The van der Waals surface area contributed by atoms with Crippen LogP contribution in [0.15, 0.2) is 95.0 Å². The van der Waals surface area contributed by atoms with Crippen LogP contribution in [0, 0.1) is 0 Å². The maximum Gasteiger partial charge on any atom is 0.272 e. The Bertz CT molecular complexity index is 1490. The lowest BCUT2D eigenvalue weighted by molar-refractivity contribution is -0.115. The zero-order valence-electron chi connectivity index (χ0n) is 20.5. The number of thioether (sulfide) groups is 1. The fraction of sp³-hybridized carbons (Fsp3) is 0.0714. The van der Waals surface area contributed by atoms with Gasteiger partial charge in [0.25, 0.3) is 11.8 Å². The first-order valence-corrected chi connectivity index (χ1v) is 14.1. The number of aromatic nitrogens is 1. The maximum absolute atomic E-state index is 13.4. The van der Waals surface area contributed by atoms with Gasteiger partial charge in [-0.15, -0.1) is 23.1 Å². The molecule has 0 aliphatic carbocycles. The Balaban J connectivity index is 1.53. The van der Waals surface area contributed by atoms with E-state index in [1.165, 1.54) is 29.2 Å². The minimum atomic E-state index is -0.577. The van der Waals surface area contributed by atoms with Crippen molar-refractivity contribution in [1.29, 1.82) is 0 Å². The van der Waals surface area contributed by atoms with Crippen molar-refractivity contribution in [3.05, 3.63) is 111 Å². The molecule has 0 spiro atoms. The van der Waals surface area contributed by atoms with Crippen LogP contribution < -0.4 is 16.0 Å². The van der Waals surface area contributed by atoms with E-state index in [9.17, 15) is 14.4 Å². The predicted molar refractivity (Wildman–Crippen MR) is 159 cm³/mol. The molecule has 1 aromatic heterocycles. The fourth-order valence-corrected chi connectivity index (χ4v) is 5.30. The van der Waals surface area contributed by atoms with Crippen LogP contribution in [-0.2, 0) is 9.59 Å². The third kappa shape index (κ3) is 7.93. The topological polar surface area (TPSA) is 100 Å². The van der Waals surface area contributed by atoms with E-state index in [2.05, 4.69) is 20.9 Å². The fourth-order valence-electron chi connectivity index (χ4n) is 3.33. The molecule has 198 valence electrons. The number of nitrogens with zero attached hydrogens (tertiary/aromatic N) is 1. The number of carbonyl (C=O) groups excluding carboxylic acids is 3. The Kier molecular flexibility index (Phi) is 9.78. The molecule has 0 bridgehead atoms. The summed E-state index contributed by atoms with van der Waals surface area (Å²) >= 11 is 15.3. The number of amides is 3. The second kappa shape index (κ2) is 13.4. The Labute approximate surface area is 243 Å². The first-order chi connectivity index (χ1) is 18.8. The van der Waals surface area contributed by atoms with Gasteiger partial charge in [0, 0.05) is 43.3 Å². The van der Waals surface area contributed by atoms with Crippen molar-refractivity contribution in [2.75, 3.05) is 10.6 Å². The molecule has 7 nitrogen and oxygen atoms in total. The molecular weight excluding hydrogens is 575 g/mol. The molecular formula is C28H22Cl2N4O3S2. The van der Waals surface area contributed by atoms with Crippen LogP contribution in [0.4, 0.5) is 10.8 Å². The first-order valence-electron chi connectivity index (χ1n) is 11.6. The molecule has 3 N–H and O–H groups in total. The zero-order valence-corrected chi connectivity index (χ0v) is 23.6. The lowest BCUT2D eigenvalue weighted by atomic mass is 10.1. The molecule has 1 heterocycles. The van der Waals surface area contributed by atoms with E-state index in [1.54, 1.807) is 85.2 Å². The molecule has 4 rings (SSSR count). The van der Waals surface area contributed by atoms with Crippen molar-refractivity contribution in [2.24, 2.45) is 0 Å². The van der Waals surface area contributed by atoms with Gasteiger partial charge in [0.2, 0.25) is 5.91 Å². The van der Waals surface area contributed by atoms with Crippen molar-refractivity contribution in [2.45, 2.75) is 17.1 Å². The minimum absolute atomic E-state index is 0.0481. The summed E-state index contributed by atoms with van der Waals surface area (Å²) in [5.41, 5.74) is 1.20. The monoisotopic (exact) mass is 596 g/mol. The number of benzene rings is 3. The molecule has 1 unspecified atom stereocenters. The summed E-state index contributed by atoms with van der Waals surface area (Å²) in [6.07, 6.45) is 3.05. The first kappa shape index (κ1) is 28.4. The quantitative estimate of drug-likeness (QED) is 0.143. The van der Waals surface area contributed by atoms with Crippen molar-refractivity contribution in [3.63, 3.8) is 0 Å². The highest BCUT2D eigenvalue weighted by Gasteiger charge is 2.18. The molecule has 1 atom stereocenters. The standard InChI is InChI=1S/C28H22Cl2N4O3S2/c1-17(25(35)34-28-31-13-14-38-28)39-20-10-5-9-19(15-20)32-27(37)24(16-21-22(29)11-6-12-23(21)30)33-26(36)18-7-3-2-4-8-18/h2-17H,1H3,(H,32,37)(H,33,36)(H,31,34,35)/b24-16+. The van der Waals surface area contributed by atoms with E-state index in [1.807, 2.05) is 6.07 Å². The number of rotatable bonds is 9. The van der Waals surface area contributed by atoms with Gasteiger partial charge in [-0.25, -0.2) is 4.98 Å². The largest absolute Gasteiger partial charge is 0.321 e. The summed E-state index contributed by atoms with van der Waals surface area (Å²) in [5.74, 6) is -1.23. The van der Waals surface area contributed by atoms with Gasteiger partial charge in [0.15, 0.2) is 5.13 Å². The van der Waals surface area contributed by atoms with Crippen molar-refractivity contribution < 1.29 is 14.4 Å². The normalized spacial score (nSPS) is 11.9. The molecule has 3 aromatic carbocycles. The molecule has 0 aliphatic rings. The van der Waals surface area contributed by atoms with Crippen molar-refractivity contribution in [1.82, 2.24) is 10.3 Å². The van der Waals surface area contributed by atoms with Gasteiger partial charge in [0.1, 0.15) is 5.70 Å². The van der Waals surface area contributed by atoms with Crippen LogP contribution in [0.2, 0.25) is 10.0 Å². The Morgan fingerprint density at radius 3 is 2.36 bits per heavy atom. The number of hydrogen-bond donors (Lipinski definition) is 3. The molecule has 0 aliphatic heterocycles. The smallest absolute Gasteiger partial charge is 0.272 e. The summed E-state index contributed by atoms with van der Waals surface area (Å²) in [6, 6.07) is 20.5. The Morgan fingerprint density at radius 1 is 0.949 bits per heavy atom. The van der Waals surface area contributed by atoms with Gasteiger partial charge >= 0.3 is 0 Å². The summed E-state index contributed by atoms with van der Waals surface area (Å²) in [5, 5.41) is 10.8. The zero-order chi connectivity index (χ0) is 27.8. The van der Waals surface area contributed by atoms with Crippen LogP contribution in [0.25, 0.3) is 6.08 Å². The van der Waals surface area contributed by atoms with Gasteiger partial charge in [-0.2, -0.15) is 0 Å². The van der Waals surface area contributed by atoms with E-state index in [-0.39, 0.29) is 11.6 Å². The van der Waals surface area contributed by atoms with Crippen LogP contribution in [-0.4, -0.2) is 28.0 Å². The third-order valence-electron chi connectivity index (χ3n) is 5.25. The van der Waals surface area contributed by atoms with E-state index in [0.29, 0.717) is 32.0 Å². The average molecular weight is 598 g/mol. The van der Waals surface area contributed by atoms with Crippen LogP contribution in [0.5, 0.6) is 0 Å². The lowest BCUT2D eigenvalue weighted by Crippen LogP contribution is -2.30. The summed E-state index contributed by atoms with van der Waals surface area (Å²) in [4.78, 5) is 43.6. The van der Waals surface area contributed by atoms with Crippen LogP contribution >= 0.6 is 46.3 Å². The van der Waals surface area contributed by atoms with Crippen LogP contribution in [0.3, 0.4) is 0 Å². The predicted octanol–water partition coefficient (Wildman–Crippen LogP) is 6.98. The van der Waals surface area contributed by atoms with Gasteiger partial charge in [-0.3, -0.25) is 14.4 Å². The van der Waals surface area contributed by atoms with E-state index >= 15 is 0 Å². The van der Waals surface area contributed by atoms with E-state index < -0.39 is 17.1 Å². The molecule has 4 aromatic rings. The molecule has 0 saturated heterocycles. The number of hydrogen-bond acceptors (Lipinski definition) is 6. The second-order valence-electron chi connectivity index (χ2n) is 8.08. The molecule has 11 heteroatoms. The van der Waals surface area contributed by atoms with Gasteiger partial charge in [-0.05, 0) is 55.5 Å². The average Bonchev–Trinajstić information content (AvgIpc) is 3.43. The van der Waals surface area contributed by atoms with E-state index in [0.717, 1.165) is 4.90 Å². The number of nitrogens with one attached hydrogen (secondary N) is 3. The Morgan fingerprint density at radius 2 is 1.67 bits per heavy atom. The molecule has 3 amide bonds. The summed E-state index contributed by atoms with van der Waals surface area (Å²) < 4.78 is 0. The van der Waals surface area contributed by atoms with Gasteiger partial charge < -0.3 is 16.0 Å². The highest BCUT2D eigenvalue weighted by atomic mass is 35.5. The SMILES string of the molecule is CC(Sc1cccc(NC(=O)/C(=C\c2c(Cl)cccc2Cl)NC(=O)c2ccccc2)c1)C(=O)Nc1nccs1. The Hall–Kier alpha value is -3.63. The maximum atomic E-state index is 13.4. The van der Waals surface area contributed by atoms with Gasteiger partial charge in [-0.1, -0.05) is 53.5 Å². The van der Waals surface area contributed by atoms with Crippen LogP contribution in [0.1, 0.15) is 22.8 Å². The number of anilines is 2. The second-order valence-corrected chi connectivity index (χ2v) is 11.2. The number of carbonyl (C=O) groups is 3. The third-order valence-corrected chi connectivity index (χ3v) is 7.70. The van der Waals surface area contributed by atoms with Crippen molar-refractivity contribution >= 4 is 80.9 Å². The summed E-state index contributed by atoms with van der Waals surface area (Å²) in [6.45, 7) is 1.78. The number of halogens is 2.